The van der Waals surface area contributed by atoms with Crippen LogP contribution in [0.5, 0.6) is 5.75 Å². The van der Waals surface area contributed by atoms with Crippen LogP contribution in [-0.2, 0) is 16.1 Å². The molecule has 0 N–H and O–H groups in total. The van der Waals surface area contributed by atoms with E-state index in [4.69, 9.17) is 14.5 Å². The number of aromatic nitrogens is 1. The number of hydrogen-bond acceptors (Lipinski definition) is 8. The van der Waals surface area contributed by atoms with Gasteiger partial charge in [-0.1, -0.05) is 84.1 Å². The largest absolute Gasteiger partial charge is 0.489 e. The van der Waals surface area contributed by atoms with Gasteiger partial charge in [0.05, 0.1) is 40.1 Å². The Balaban J connectivity index is 1.43. The Kier molecular flexibility index (Phi) is 9.29. The molecule has 0 unspecified atom stereocenters. The lowest BCUT2D eigenvalue weighted by Gasteiger charge is -2.26. The summed E-state index contributed by atoms with van der Waals surface area (Å²) in [5.74, 6) is 0.137. The number of carbonyl (C=O) groups excluding carboxylic acids is 1. The van der Waals surface area contributed by atoms with Crippen LogP contribution in [0.25, 0.3) is 11.8 Å². The molecular formula is C37H29N3O4S2. The molecular weight excluding hydrogens is 615 g/mol. The molecule has 0 bridgehead atoms. The SMILES string of the molecule is CCOC(=O)C1=C(c2ccccc2)N=c2s/c(=C\c3ccc(OCc4ccccc4C#N)cc3)c(=O)n2[C@@H]1c1ccc(SC)cc1. The van der Waals surface area contributed by atoms with Gasteiger partial charge in [-0.15, -0.1) is 11.8 Å². The Labute approximate surface area is 274 Å². The second-order valence-corrected chi connectivity index (χ2v) is 12.2. The molecule has 228 valence electrons. The fourth-order valence-electron chi connectivity index (χ4n) is 5.27. The van der Waals surface area contributed by atoms with Crippen molar-refractivity contribution in [2.45, 2.75) is 24.5 Å². The minimum absolute atomic E-state index is 0.192. The van der Waals surface area contributed by atoms with Gasteiger partial charge in [-0.05, 0) is 60.7 Å². The number of benzene rings is 4. The Bertz CT molecular complexity index is 2140. The third-order valence-electron chi connectivity index (χ3n) is 7.52. The molecule has 0 saturated heterocycles. The first-order chi connectivity index (χ1) is 22.5. The molecule has 0 spiro atoms. The van der Waals surface area contributed by atoms with E-state index in [2.05, 4.69) is 6.07 Å². The summed E-state index contributed by atoms with van der Waals surface area (Å²) in [6.07, 6.45) is 3.82. The van der Waals surface area contributed by atoms with Crippen LogP contribution in [0.15, 0.2) is 123 Å². The topological polar surface area (TPSA) is 93.7 Å². The third kappa shape index (κ3) is 6.31. The van der Waals surface area contributed by atoms with Crippen molar-refractivity contribution in [3.63, 3.8) is 0 Å². The number of hydrogen-bond donors (Lipinski definition) is 0. The summed E-state index contributed by atoms with van der Waals surface area (Å²) in [5.41, 5.74) is 4.32. The van der Waals surface area contributed by atoms with Gasteiger partial charge in [-0.3, -0.25) is 9.36 Å². The van der Waals surface area contributed by atoms with Crippen molar-refractivity contribution in [1.29, 1.82) is 5.26 Å². The fourth-order valence-corrected chi connectivity index (χ4v) is 6.68. The molecule has 0 saturated carbocycles. The van der Waals surface area contributed by atoms with Gasteiger partial charge >= 0.3 is 5.97 Å². The van der Waals surface area contributed by atoms with Gasteiger partial charge in [-0.25, -0.2) is 9.79 Å². The molecule has 1 aliphatic heterocycles. The minimum atomic E-state index is -0.726. The van der Waals surface area contributed by atoms with Gasteiger partial charge in [0.2, 0.25) is 0 Å². The lowest BCUT2D eigenvalue weighted by atomic mass is 9.93. The van der Waals surface area contributed by atoms with Crippen molar-refractivity contribution in [1.82, 2.24) is 4.57 Å². The van der Waals surface area contributed by atoms with Crippen LogP contribution in [0.2, 0.25) is 0 Å². The van der Waals surface area contributed by atoms with E-state index >= 15 is 0 Å². The summed E-state index contributed by atoms with van der Waals surface area (Å²) in [7, 11) is 0. The first-order valence-electron chi connectivity index (χ1n) is 14.6. The van der Waals surface area contributed by atoms with E-state index in [1.807, 2.05) is 109 Å². The van der Waals surface area contributed by atoms with E-state index in [0.29, 0.717) is 31.9 Å². The van der Waals surface area contributed by atoms with Crippen LogP contribution in [-0.4, -0.2) is 23.4 Å². The highest BCUT2D eigenvalue weighted by Crippen LogP contribution is 2.35. The summed E-state index contributed by atoms with van der Waals surface area (Å²) in [4.78, 5) is 34.2. The first-order valence-corrected chi connectivity index (χ1v) is 16.7. The number of nitriles is 1. The van der Waals surface area contributed by atoms with E-state index < -0.39 is 12.0 Å². The van der Waals surface area contributed by atoms with Crippen molar-refractivity contribution >= 4 is 40.8 Å². The van der Waals surface area contributed by atoms with Crippen molar-refractivity contribution in [3.05, 3.63) is 156 Å². The van der Waals surface area contributed by atoms with Crippen LogP contribution in [0, 0.1) is 11.3 Å². The maximum Gasteiger partial charge on any atom is 0.338 e. The molecule has 0 aliphatic carbocycles. The highest BCUT2D eigenvalue weighted by atomic mass is 32.2. The van der Waals surface area contributed by atoms with Gasteiger partial charge in [0.1, 0.15) is 12.4 Å². The van der Waals surface area contributed by atoms with Crippen LogP contribution >= 0.6 is 23.1 Å². The van der Waals surface area contributed by atoms with E-state index in [1.54, 1.807) is 29.3 Å². The quantitative estimate of drug-likeness (QED) is 0.142. The number of esters is 1. The number of rotatable bonds is 9. The Morgan fingerprint density at radius 2 is 1.72 bits per heavy atom. The second kappa shape index (κ2) is 13.9. The van der Waals surface area contributed by atoms with Gasteiger partial charge < -0.3 is 9.47 Å². The van der Waals surface area contributed by atoms with E-state index in [0.717, 1.165) is 27.1 Å². The number of thiazole rings is 1. The van der Waals surface area contributed by atoms with E-state index in [1.165, 1.54) is 11.3 Å². The fraction of sp³-hybridized carbons (Fsp3) is 0.135. The number of nitrogens with zero attached hydrogens (tertiary/aromatic N) is 3. The molecule has 0 amide bonds. The molecule has 0 fully saturated rings. The molecule has 6 rings (SSSR count). The predicted molar refractivity (Wildman–Crippen MR) is 181 cm³/mol. The summed E-state index contributed by atoms with van der Waals surface area (Å²) >= 11 is 2.90. The monoisotopic (exact) mass is 643 g/mol. The molecule has 2 heterocycles. The third-order valence-corrected chi connectivity index (χ3v) is 9.24. The highest BCUT2D eigenvalue weighted by molar-refractivity contribution is 7.98. The average Bonchev–Trinajstić information content (AvgIpc) is 3.41. The first kappa shape index (κ1) is 30.8. The Morgan fingerprint density at radius 1 is 1.00 bits per heavy atom. The molecule has 9 heteroatoms. The van der Waals surface area contributed by atoms with Crippen LogP contribution in [0.1, 0.15) is 40.8 Å². The molecule has 1 aromatic heterocycles. The highest BCUT2D eigenvalue weighted by Gasteiger charge is 2.35. The zero-order valence-corrected chi connectivity index (χ0v) is 26.8. The standard InChI is InChI=1S/C37H29N3O4S2/c1-3-43-36(42)32-33(25-9-5-4-6-10-25)39-37-40(34(32)26-15-19-30(45-2)20-16-26)35(41)31(46-37)21-24-13-17-29(18-14-24)44-23-28-12-8-7-11-27(28)22-38/h4-21,34H,3,23H2,1-2H3/b31-21-/t34-/m1/s1. The maximum atomic E-state index is 14.1. The van der Waals surface area contributed by atoms with Gasteiger partial charge in [-0.2, -0.15) is 5.26 Å². The van der Waals surface area contributed by atoms with Crippen LogP contribution < -0.4 is 19.6 Å². The van der Waals surface area contributed by atoms with Crippen LogP contribution in [0.3, 0.4) is 0 Å². The van der Waals surface area contributed by atoms with Gasteiger partial charge in [0, 0.05) is 16.0 Å². The number of thioether (sulfide) groups is 1. The molecule has 4 aromatic carbocycles. The van der Waals surface area contributed by atoms with Crippen molar-refractivity contribution in [2.24, 2.45) is 4.99 Å². The van der Waals surface area contributed by atoms with Gasteiger partial charge in [0.25, 0.3) is 5.56 Å². The summed E-state index contributed by atoms with van der Waals surface area (Å²) in [6.45, 7) is 2.23. The molecule has 1 aliphatic rings. The lowest BCUT2D eigenvalue weighted by Crippen LogP contribution is -2.40. The molecule has 0 radical (unpaired) electrons. The smallest absolute Gasteiger partial charge is 0.338 e. The predicted octanol–water partition coefficient (Wildman–Crippen LogP) is 6.11. The van der Waals surface area contributed by atoms with E-state index in [-0.39, 0.29) is 18.8 Å². The average molecular weight is 644 g/mol. The lowest BCUT2D eigenvalue weighted by molar-refractivity contribution is -0.138. The zero-order chi connectivity index (χ0) is 32.0. The van der Waals surface area contributed by atoms with Crippen molar-refractivity contribution < 1.29 is 14.3 Å². The minimum Gasteiger partial charge on any atom is -0.489 e. The maximum absolute atomic E-state index is 14.1. The van der Waals surface area contributed by atoms with Gasteiger partial charge in [0.15, 0.2) is 4.80 Å². The zero-order valence-electron chi connectivity index (χ0n) is 25.2. The molecule has 5 aromatic rings. The van der Waals surface area contributed by atoms with Crippen molar-refractivity contribution in [3.8, 4) is 11.8 Å². The Hall–Kier alpha value is -5.17. The van der Waals surface area contributed by atoms with Crippen LogP contribution in [0.4, 0.5) is 0 Å². The summed E-state index contributed by atoms with van der Waals surface area (Å²) in [6, 6.07) is 33.6. The summed E-state index contributed by atoms with van der Waals surface area (Å²) < 4.78 is 13.6. The van der Waals surface area contributed by atoms with Crippen molar-refractivity contribution in [2.75, 3.05) is 12.9 Å². The molecule has 46 heavy (non-hydrogen) atoms. The number of carbonyl (C=O) groups is 1. The molecule has 1 atom stereocenters. The second-order valence-electron chi connectivity index (χ2n) is 10.3. The number of fused-ring (bicyclic) bond motifs is 1. The van der Waals surface area contributed by atoms with E-state index in [9.17, 15) is 14.9 Å². The molecule has 7 nitrogen and oxygen atoms in total. The Morgan fingerprint density at radius 3 is 2.41 bits per heavy atom. The summed E-state index contributed by atoms with van der Waals surface area (Å²) in [5, 5.41) is 9.35. The number of ether oxygens (including phenoxy) is 2. The normalized spacial score (nSPS) is 14.3.